The predicted molar refractivity (Wildman–Crippen MR) is 114 cm³/mol. The molecular weight excluding hydrogens is 405 g/mol. The summed E-state index contributed by atoms with van der Waals surface area (Å²) in [7, 11) is 0. The Morgan fingerprint density at radius 2 is 1.77 bits per heavy atom. The van der Waals surface area contributed by atoms with Crippen molar-refractivity contribution in [3.8, 4) is 0 Å². The second-order valence-electron chi connectivity index (χ2n) is 7.62. The Balaban J connectivity index is 1.21. The first kappa shape index (κ1) is 20.6. The van der Waals surface area contributed by atoms with E-state index < -0.39 is 0 Å². The fraction of sp³-hybridized carbons (Fsp3) is 0.429. The van der Waals surface area contributed by atoms with Gasteiger partial charge in [0.25, 0.3) is 0 Å². The van der Waals surface area contributed by atoms with Crippen LogP contribution in [0.2, 0.25) is 0 Å². The molecule has 4 rings (SSSR count). The van der Waals surface area contributed by atoms with E-state index in [4.69, 9.17) is 0 Å². The number of rotatable bonds is 7. The van der Waals surface area contributed by atoms with E-state index in [0.717, 1.165) is 44.6 Å². The van der Waals surface area contributed by atoms with Crippen LogP contribution < -0.4 is 15.5 Å². The van der Waals surface area contributed by atoms with Crippen LogP contribution in [0.3, 0.4) is 0 Å². The van der Waals surface area contributed by atoms with E-state index in [1.807, 2.05) is 12.1 Å². The second-order valence-corrected chi connectivity index (χ2v) is 8.61. The molecule has 7 nitrogen and oxygen atoms in total. The van der Waals surface area contributed by atoms with Gasteiger partial charge in [0, 0.05) is 30.7 Å². The van der Waals surface area contributed by atoms with Crippen LogP contribution in [0.15, 0.2) is 41.4 Å². The molecule has 9 heteroatoms. The standard InChI is InChI=1S/C21H24FN5O2S/c22-15-1-3-16(4-2-15)23-19(28)13-30-20-8-7-18(25-26-20)27-11-9-14(10-12-27)21(29)24-17-5-6-17/h1-4,7-8,14,17H,5-6,9-13H2,(H,23,28)(H,24,29). The smallest absolute Gasteiger partial charge is 0.234 e. The van der Waals surface area contributed by atoms with Crippen LogP contribution in [0, 0.1) is 11.7 Å². The van der Waals surface area contributed by atoms with Gasteiger partial charge in [0.15, 0.2) is 5.82 Å². The Bertz CT molecular complexity index is 881. The van der Waals surface area contributed by atoms with E-state index in [1.165, 1.54) is 36.0 Å². The number of benzene rings is 1. The molecule has 2 aliphatic rings. The molecule has 1 aliphatic carbocycles. The van der Waals surface area contributed by atoms with Crippen molar-refractivity contribution in [2.45, 2.75) is 36.8 Å². The molecular formula is C21H24FN5O2S. The Hall–Kier alpha value is -2.68. The first-order valence-electron chi connectivity index (χ1n) is 10.1. The fourth-order valence-corrected chi connectivity index (χ4v) is 3.96. The molecule has 0 spiro atoms. The molecule has 0 unspecified atom stereocenters. The van der Waals surface area contributed by atoms with Crippen LogP contribution >= 0.6 is 11.8 Å². The van der Waals surface area contributed by atoms with Crippen LogP contribution in [0.4, 0.5) is 15.9 Å². The number of thioether (sulfide) groups is 1. The maximum Gasteiger partial charge on any atom is 0.234 e. The number of hydrogen-bond donors (Lipinski definition) is 2. The summed E-state index contributed by atoms with van der Waals surface area (Å²) >= 11 is 1.29. The van der Waals surface area contributed by atoms with E-state index in [9.17, 15) is 14.0 Å². The number of aromatic nitrogens is 2. The average Bonchev–Trinajstić information content (AvgIpc) is 3.58. The van der Waals surface area contributed by atoms with Gasteiger partial charge in [-0.05, 0) is 62.1 Å². The summed E-state index contributed by atoms with van der Waals surface area (Å²) < 4.78 is 12.9. The van der Waals surface area contributed by atoms with Gasteiger partial charge in [0.1, 0.15) is 10.8 Å². The van der Waals surface area contributed by atoms with Crippen molar-refractivity contribution >= 4 is 35.1 Å². The van der Waals surface area contributed by atoms with Gasteiger partial charge in [-0.15, -0.1) is 10.2 Å². The Morgan fingerprint density at radius 3 is 2.40 bits per heavy atom. The highest BCUT2D eigenvalue weighted by molar-refractivity contribution is 7.99. The van der Waals surface area contributed by atoms with E-state index in [1.54, 1.807) is 0 Å². The first-order chi connectivity index (χ1) is 14.6. The highest BCUT2D eigenvalue weighted by atomic mass is 32.2. The van der Waals surface area contributed by atoms with Gasteiger partial charge >= 0.3 is 0 Å². The molecule has 2 aromatic rings. The maximum absolute atomic E-state index is 12.9. The molecule has 0 atom stereocenters. The van der Waals surface area contributed by atoms with Crippen LogP contribution in [0.1, 0.15) is 25.7 Å². The predicted octanol–water partition coefficient (Wildman–Crippen LogP) is 2.84. The monoisotopic (exact) mass is 429 g/mol. The average molecular weight is 430 g/mol. The zero-order valence-corrected chi connectivity index (χ0v) is 17.3. The number of carbonyl (C=O) groups is 2. The van der Waals surface area contributed by atoms with Gasteiger partial charge in [-0.2, -0.15) is 0 Å². The SMILES string of the molecule is O=C(CSc1ccc(N2CCC(C(=O)NC3CC3)CC2)nn1)Nc1ccc(F)cc1. The van der Waals surface area contributed by atoms with Crippen molar-refractivity contribution in [1.29, 1.82) is 0 Å². The highest BCUT2D eigenvalue weighted by Crippen LogP contribution is 2.25. The van der Waals surface area contributed by atoms with Gasteiger partial charge in [0.2, 0.25) is 11.8 Å². The molecule has 2 N–H and O–H groups in total. The first-order valence-corrected chi connectivity index (χ1v) is 11.1. The van der Waals surface area contributed by atoms with Gasteiger partial charge in [-0.3, -0.25) is 9.59 Å². The Kier molecular flexibility index (Phi) is 6.47. The molecule has 1 aromatic carbocycles. The molecule has 1 saturated heterocycles. The summed E-state index contributed by atoms with van der Waals surface area (Å²) in [6.45, 7) is 1.56. The lowest BCUT2D eigenvalue weighted by Gasteiger charge is -2.31. The molecule has 2 heterocycles. The van der Waals surface area contributed by atoms with Crippen LogP contribution in [-0.2, 0) is 9.59 Å². The second kappa shape index (κ2) is 9.42. The van der Waals surface area contributed by atoms with E-state index >= 15 is 0 Å². The zero-order valence-electron chi connectivity index (χ0n) is 16.5. The molecule has 1 aromatic heterocycles. The lowest BCUT2D eigenvalue weighted by Crippen LogP contribution is -2.41. The van der Waals surface area contributed by atoms with Crippen molar-refractivity contribution in [3.63, 3.8) is 0 Å². The third-order valence-electron chi connectivity index (χ3n) is 5.22. The van der Waals surface area contributed by atoms with E-state index in [-0.39, 0.29) is 29.3 Å². The maximum atomic E-state index is 12.9. The lowest BCUT2D eigenvalue weighted by atomic mass is 9.96. The van der Waals surface area contributed by atoms with E-state index in [0.29, 0.717) is 16.8 Å². The molecule has 2 fully saturated rings. The number of anilines is 2. The number of piperidine rings is 1. The van der Waals surface area contributed by atoms with Gasteiger partial charge in [-0.1, -0.05) is 11.8 Å². The normalized spacial score (nSPS) is 16.9. The van der Waals surface area contributed by atoms with Crippen molar-refractivity contribution in [3.05, 3.63) is 42.2 Å². The van der Waals surface area contributed by atoms with Crippen molar-refractivity contribution in [2.75, 3.05) is 29.1 Å². The lowest BCUT2D eigenvalue weighted by molar-refractivity contribution is -0.125. The summed E-state index contributed by atoms with van der Waals surface area (Å²) in [4.78, 5) is 26.4. The Morgan fingerprint density at radius 1 is 1.03 bits per heavy atom. The third-order valence-corrected chi connectivity index (χ3v) is 6.14. The molecule has 1 aliphatic heterocycles. The summed E-state index contributed by atoms with van der Waals surface area (Å²) in [6, 6.07) is 9.80. The quantitative estimate of drug-likeness (QED) is 0.658. The summed E-state index contributed by atoms with van der Waals surface area (Å²) in [5.74, 6) is 0.717. The van der Waals surface area contributed by atoms with E-state index in [2.05, 4.69) is 25.7 Å². The Labute approximate surface area is 178 Å². The number of halogens is 1. The van der Waals surface area contributed by atoms with Crippen LogP contribution in [-0.4, -0.2) is 46.9 Å². The largest absolute Gasteiger partial charge is 0.355 e. The molecule has 2 amide bonds. The van der Waals surface area contributed by atoms with Crippen LogP contribution in [0.5, 0.6) is 0 Å². The number of nitrogens with one attached hydrogen (secondary N) is 2. The highest BCUT2D eigenvalue weighted by Gasteiger charge is 2.30. The topological polar surface area (TPSA) is 87.2 Å². The molecule has 30 heavy (non-hydrogen) atoms. The van der Waals surface area contributed by atoms with Gasteiger partial charge in [0.05, 0.1) is 5.75 Å². The molecule has 0 bridgehead atoms. The van der Waals surface area contributed by atoms with Crippen LogP contribution in [0.25, 0.3) is 0 Å². The summed E-state index contributed by atoms with van der Waals surface area (Å²) in [5.41, 5.74) is 0.553. The number of nitrogens with zero attached hydrogens (tertiary/aromatic N) is 3. The minimum absolute atomic E-state index is 0.0873. The van der Waals surface area contributed by atoms with Crippen molar-refractivity contribution in [2.24, 2.45) is 5.92 Å². The number of amides is 2. The number of carbonyl (C=O) groups excluding carboxylic acids is 2. The minimum atomic E-state index is -0.344. The molecule has 158 valence electrons. The summed E-state index contributed by atoms with van der Waals surface area (Å²) in [5, 5.41) is 15.0. The molecule has 1 saturated carbocycles. The third kappa shape index (κ3) is 5.69. The summed E-state index contributed by atoms with van der Waals surface area (Å²) in [6.07, 6.45) is 3.86. The van der Waals surface area contributed by atoms with Gasteiger partial charge in [-0.25, -0.2) is 4.39 Å². The minimum Gasteiger partial charge on any atom is -0.355 e. The fourth-order valence-electron chi connectivity index (χ4n) is 3.35. The van der Waals surface area contributed by atoms with Gasteiger partial charge < -0.3 is 15.5 Å². The van der Waals surface area contributed by atoms with Crippen molar-refractivity contribution in [1.82, 2.24) is 15.5 Å². The number of hydrogen-bond acceptors (Lipinski definition) is 6. The zero-order chi connectivity index (χ0) is 20.9. The molecule has 0 radical (unpaired) electrons. The van der Waals surface area contributed by atoms with Crippen molar-refractivity contribution < 1.29 is 14.0 Å².